The zero-order chi connectivity index (χ0) is 17.4. The van der Waals surface area contributed by atoms with E-state index in [1.54, 1.807) is 18.2 Å². The Hall–Kier alpha value is -3.28. The van der Waals surface area contributed by atoms with E-state index in [1.807, 2.05) is 38.1 Å². The van der Waals surface area contributed by atoms with Gasteiger partial charge in [-0.05, 0) is 37.6 Å². The summed E-state index contributed by atoms with van der Waals surface area (Å²) in [6, 6.07) is 13.2. The van der Waals surface area contributed by atoms with Gasteiger partial charge in [-0.15, -0.1) is 0 Å². The number of amides is 1. The maximum absolute atomic E-state index is 12.6. The average molecular weight is 335 g/mol. The van der Waals surface area contributed by atoms with Crippen LogP contribution < -0.4 is 14.8 Å². The number of nitrogens with zero attached hydrogens (tertiary/aromatic N) is 1. The van der Waals surface area contributed by atoms with Crippen LogP contribution >= 0.6 is 0 Å². The Morgan fingerprint density at radius 3 is 2.64 bits per heavy atom. The van der Waals surface area contributed by atoms with E-state index in [0.29, 0.717) is 22.9 Å². The van der Waals surface area contributed by atoms with Gasteiger partial charge in [0.05, 0.1) is 0 Å². The third-order valence-corrected chi connectivity index (χ3v) is 4.15. The van der Waals surface area contributed by atoms with E-state index >= 15 is 0 Å². The number of rotatable bonds is 3. The zero-order valence-corrected chi connectivity index (χ0v) is 13.9. The molecule has 0 saturated carbocycles. The van der Waals surface area contributed by atoms with Crippen molar-refractivity contribution in [3.8, 4) is 22.6 Å². The molecule has 4 rings (SSSR count). The molecule has 0 bridgehead atoms. The Balaban J connectivity index is 1.63. The molecule has 0 spiro atoms. The second-order valence-corrected chi connectivity index (χ2v) is 5.96. The maximum Gasteiger partial charge on any atom is 0.257 e. The normalized spacial score (nSPS) is 12.2. The van der Waals surface area contributed by atoms with E-state index in [9.17, 15) is 4.79 Å². The van der Waals surface area contributed by atoms with Crippen molar-refractivity contribution in [1.82, 2.24) is 10.2 Å². The van der Waals surface area contributed by atoms with Crippen LogP contribution in [0.4, 0.5) is 5.82 Å². The summed E-state index contributed by atoms with van der Waals surface area (Å²) in [6.45, 7) is 4.14. The second kappa shape index (κ2) is 5.98. The van der Waals surface area contributed by atoms with Gasteiger partial charge in [0.2, 0.25) is 6.79 Å². The molecule has 3 aromatic rings. The fraction of sp³-hybridized carbons (Fsp3) is 0.158. The summed E-state index contributed by atoms with van der Waals surface area (Å²) in [5, 5.41) is 10.1. The third kappa shape index (κ3) is 2.82. The number of ether oxygens (including phenoxy) is 2. The number of fused-ring (bicyclic) bond motifs is 1. The Bertz CT molecular complexity index is 945. The summed E-state index contributed by atoms with van der Waals surface area (Å²) in [7, 11) is 0. The third-order valence-electron chi connectivity index (χ3n) is 4.15. The highest BCUT2D eigenvalue weighted by molar-refractivity contribution is 6.06. The summed E-state index contributed by atoms with van der Waals surface area (Å²) < 4.78 is 10.6. The minimum absolute atomic E-state index is 0.177. The smallest absolute Gasteiger partial charge is 0.257 e. The van der Waals surface area contributed by atoms with Gasteiger partial charge in [0.1, 0.15) is 0 Å². The Kier molecular flexibility index (Phi) is 3.65. The van der Waals surface area contributed by atoms with Crippen molar-refractivity contribution in [2.24, 2.45) is 0 Å². The highest BCUT2D eigenvalue weighted by atomic mass is 16.7. The molecule has 0 aliphatic carbocycles. The molecule has 0 unspecified atom stereocenters. The SMILES string of the molecule is Cc1ccc(-c2c(NC(=O)c3ccc4c(c3)OCO4)n[nH]c2C)cc1. The largest absolute Gasteiger partial charge is 0.454 e. The summed E-state index contributed by atoms with van der Waals surface area (Å²) in [6.07, 6.45) is 0. The van der Waals surface area contributed by atoms with Crippen LogP contribution in [0.2, 0.25) is 0 Å². The molecule has 126 valence electrons. The molecule has 1 amide bonds. The molecule has 0 fully saturated rings. The van der Waals surface area contributed by atoms with E-state index in [4.69, 9.17) is 9.47 Å². The number of carbonyl (C=O) groups excluding carboxylic acids is 1. The standard InChI is InChI=1S/C19H17N3O3/c1-11-3-5-13(6-4-11)17-12(2)21-22-18(17)20-19(23)14-7-8-15-16(9-14)25-10-24-15/h3-9H,10H2,1-2H3,(H2,20,21,22,23). The van der Waals surface area contributed by atoms with E-state index in [2.05, 4.69) is 15.5 Å². The lowest BCUT2D eigenvalue weighted by Crippen LogP contribution is -2.12. The maximum atomic E-state index is 12.6. The number of benzene rings is 2. The number of aryl methyl sites for hydroxylation is 2. The van der Waals surface area contributed by atoms with Crippen LogP contribution in [-0.4, -0.2) is 22.9 Å². The summed E-state index contributed by atoms with van der Waals surface area (Å²) in [5.74, 6) is 1.47. The first kappa shape index (κ1) is 15.3. The Labute approximate surface area is 144 Å². The number of carbonyl (C=O) groups is 1. The van der Waals surface area contributed by atoms with Crippen molar-refractivity contribution in [3.05, 3.63) is 59.3 Å². The molecule has 6 heteroatoms. The lowest BCUT2D eigenvalue weighted by molar-refractivity contribution is 0.102. The Morgan fingerprint density at radius 1 is 1.08 bits per heavy atom. The first-order valence-electron chi connectivity index (χ1n) is 7.95. The molecule has 0 radical (unpaired) electrons. The predicted octanol–water partition coefficient (Wildman–Crippen LogP) is 3.67. The van der Waals surface area contributed by atoms with Gasteiger partial charge in [0.25, 0.3) is 5.91 Å². The highest BCUT2D eigenvalue weighted by Crippen LogP contribution is 2.33. The molecule has 0 saturated heterocycles. The van der Waals surface area contributed by atoms with E-state index in [1.165, 1.54) is 5.56 Å². The van der Waals surface area contributed by atoms with Gasteiger partial charge >= 0.3 is 0 Å². The van der Waals surface area contributed by atoms with Crippen LogP contribution in [0.3, 0.4) is 0 Å². The summed E-state index contributed by atoms with van der Waals surface area (Å²) in [4.78, 5) is 12.6. The highest BCUT2D eigenvalue weighted by Gasteiger charge is 2.19. The van der Waals surface area contributed by atoms with Crippen molar-refractivity contribution in [1.29, 1.82) is 0 Å². The molecule has 0 atom stereocenters. The summed E-state index contributed by atoms with van der Waals surface area (Å²) >= 11 is 0. The molecule has 1 aliphatic rings. The second-order valence-electron chi connectivity index (χ2n) is 5.96. The molecular weight excluding hydrogens is 318 g/mol. The van der Waals surface area contributed by atoms with Crippen molar-refractivity contribution in [2.75, 3.05) is 12.1 Å². The van der Waals surface area contributed by atoms with Crippen LogP contribution in [0.25, 0.3) is 11.1 Å². The topological polar surface area (TPSA) is 76.2 Å². The molecule has 6 nitrogen and oxygen atoms in total. The van der Waals surface area contributed by atoms with Gasteiger partial charge < -0.3 is 14.8 Å². The lowest BCUT2D eigenvalue weighted by atomic mass is 10.0. The zero-order valence-electron chi connectivity index (χ0n) is 13.9. The molecule has 2 N–H and O–H groups in total. The molecular formula is C19H17N3O3. The van der Waals surface area contributed by atoms with Gasteiger partial charge in [0.15, 0.2) is 17.3 Å². The van der Waals surface area contributed by atoms with E-state index < -0.39 is 0 Å². The van der Waals surface area contributed by atoms with Crippen LogP contribution in [0.1, 0.15) is 21.6 Å². The first-order chi connectivity index (χ1) is 12.1. The first-order valence-corrected chi connectivity index (χ1v) is 7.95. The van der Waals surface area contributed by atoms with Gasteiger partial charge in [-0.3, -0.25) is 9.89 Å². The van der Waals surface area contributed by atoms with Crippen LogP contribution in [0.5, 0.6) is 11.5 Å². The monoisotopic (exact) mass is 335 g/mol. The van der Waals surface area contributed by atoms with E-state index in [-0.39, 0.29) is 12.7 Å². The molecule has 1 aromatic heterocycles. The average Bonchev–Trinajstić information content (AvgIpc) is 3.22. The quantitative estimate of drug-likeness (QED) is 0.765. The predicted molar refractivity (Wildman–Crippen MR) is 94.0 cm³/mol. The molecule has 2 aromatic carbocycles. The van der Waals surface area contributed by atoms with Gasteiger partial charge in [-0.25, -0.2) is 0 Å². The minimum atomic E-state index is -0.252. The lowest BCUT2D eigenvalue weighted by Gasteiger charge is -2.07. The Morgan fingerprint density at radius 2 is 1.84 bits per heavy atom. The van der Waals surface area contributed by atoms with Crippen molar-refractivity contribution in [2.45, 2.75) is 13.8 Å². The minimum Gasteiger partial charge on any atom is -0.454 e. The number of nitrogens with one attached hydrogen (secondary N) is 2. The number of hydrogen-bond acceptors (Lipinski definition) is 4. The van der Waals surface area contributed by atoms with Gasteiger partial charge in [0, 0.05) is 16.8 Å². The number of hydrogen-bond donors (Lipinski definition) is 2. The number of aromatic nitrogens is 2. The summed E-state index contributed by atoms with van der Waals surface area (Å²) in [5.41, 5.74) is 4.44. The van der Waals surface area contributed by atoms with Crippen molar-refractivity contribution >= 4 is 11.7 Å². The number of anilines is 1. The van der Waals surface area contributed by atoms with E-state index in [0.717, 1.165) is 16.8 Å². The van der Waals surface area contributed by atoms with Gasteiger partial charge in [-0.2, -0.15) is 5.10 Å². The molecule has 1 aliphatic heterocycles. The number of aromatic amines is 1. The molecule has 2 heterocycles. The molecule has 25 heavy (non-hydrogen) atoms. The number of H-pyrrole nitrogens is 1. The van der Waals surface area contributed by atoms with Crippen molar-refractivity contribution < 1.29 is 14.3 Å². The van der Waals surface area contributed by atoms with Gasteiger partial charge in [-0.1, -0.05) is 29.8 Å². The fourth-order valence-electron chi connectivity index (χ4n) is 2.81. The van der Waals surface area contributed by atoms with Crippen molar-refractivity contribution in [3.63, 3.8) is 0 Å². The fourth-order valence-corrected chi connectivity index (χ4v) is 2.81. The van der Waals surface area contributed by atoms with Crippen LogP contribution in [0.15, 0.2) is 42.5 Å². The van der Waals surface area contributed by atoms with Crippen LogP contribution in [0, 0.1) is 13.8 Å². The van der Waals surface area contributed by atoms with Crippen LogP contribution in [-0.2, 0) is 0 Å².